The molecule has 0 spiro atoms. The third kappa shape index (κ3) is 3.19. The summed E-state index contributed by atoms with van der Waals surface area (Å²) >= 11 is 5.92. The minimum Gasteiger partial charge on any atom is -0.367 e. The van der Waals surface area contributed by atoms with E-state index in [1.165, 1.54) is 12.1 Å². The second-order valence-corrected chi connectivity index (χ2v) is 5.97. The molecule has 1 aliphatic rings. The molecule has 0 unspecified atom stereocenters. The maximum absolute atomic E-state index is 13.8. The summed E-state index contributed by atoms with van der Waals surface area (Å²) < 4.78 is 13.8. The molecule has 3 rings (SSSR count). The molecule has 4 nitrogen and oxygen atoms in total. The minimum atomic E-state index is -0.505. The Bertz CT molecular complexity index is 810. The number of halogens is 2. The Balaban J connectivity index is 1.72. The average molecular weight is 344 g/mol. The summed E-state index contributed by atoms with van der Waals surface area (Å²) in [5, 5.41) is 9.77. The Morgan fingerprint density at radius 2 is 1.83 bits per heavy atom. The molecule has 1 fully saturated rings. The summed E-state index contributed by atoms with van der Waals surface area (Å²) in [7, 11) is 0. The molecule has 1 heterocycles. The fourth-order valence-corrected chi connectivity index (χ4v) is 3.00. The monoisotopic (exact) mass is 343 g/mol. The van der Waals surface area contributed by atoms with Gasteiger partial charge in [0.1, 0.15) is 11.9 Å². The number of nitriles is 1. The van der Waals surface area contributed by atoms with Crippen LogP contribution in [0.15, 0.2) is 42.5 Å². The molecule has 0 aromatic heterocycles. The standard InChI is InChI=1S/C18H15ClFN3O/c19-14-5-6-17(13(11-14)12-21)22-7-9-23(10-8-22)18(24)15-3-1-2-4-16(15)20/h1-6,11H,7-10H2. The Labute approximate surface area is 144 Å². The second kappa shape index (κ2) is 6.90. The van der Waals surface area contributed by atoms with Crippen molar-refractivity contribution in [2.24, 2.45) is 0 Å². The van der Waals surface area contributed by atoms with Gasteiger partial charge in [-0.2, -0.15) is 5.26 Å². The summed E-state index contributed by atoms with van der Waals surface area (Å²) in [6, 6.07) is 13.3. The lowest BCUT2D eigenvalue weighted by Gasteiger charge is -2.36. The van der Waals surface area contributed by atoms with Crippen LogP contribution >= 0.6 is 11.6 Å². The topological polar surface area (TPSA) is 47.3 Å². The van der Waals surface area contributed by atoms with Crippen LogP contribution in [0.3, 0.4) is 0 Å². The first-order chi connectivity index (χ1) is 11.6. The molecule has 6 heteroatoms. The molecule has 0 N–H and O–H groups in total. The van der Waals surface area contributed by atoms with Gasteiger partial charge in [-0.25, -0.2) is 4.39 Å². The molecule has 2 aromatic rings. The molecule has 0 aliphatic carbocycles. The van der Waals surface area contributed by atoms with E-state index in [-0.39, 0.29) is 11.5 Å². The quantitative estimate of drug-likeness (QED) is 0.840. The third-order valence-corrected chi connectivity index (χ3v) is 4.33. The summed E-state index contributed by atoms with van der Waals surface area (Å²) in [5.74, 6) is -0.807. The van der Waals surface area contributed by atoms with Crippen molar-refractivity contribution in [1.82, 2.24) is 4.90 Å². The van der Waals surface area contributed by atoms with Crippen molar-refractivity contribution in [2.75, 3.05) is 31.1 Å². The van der Waals surface area contributed by atoms with Gasteiger partial charge < -0.3 is 9.80 Å². The van der Waals surface area contributed by atoms with Gasteiger partial charge in [0.15, 0.2) is 0 Å². The van der Waals surface area contributed by atoms with Gasteiger partial charge in [0, 0.05) is 31.2 Å². The summed E-state index contributed by atoms with van der Waals surface area (Å²) in [6.07, 6.45) is 0. The molecular weight excluding hydrogens is 329 g/mol. The Kier molecular flexibility index (Phi) is 4.68. The van der Waals surface area contributed by atoms with E-state index in [0.717, 1.165) is 5.69 Å². The minimum absolute atomic E-state index is 0.0927. The van der Waals surface area contributed by atoms with E-state index < -0.39 is 5.82 Å². The predicted molar refractivity (Wildman–Crippen MR) is 90.7 cm³/mol. The Morgan fingerprint density at radius 1 is 1.12 bits per heavy atom. The number of hydrogen-bond donors (Lipinski definition) is 0. The van der Waals surface area contributed by atoms with Crippen LogP contribution in [-0.4, -0.2) is 37.0 Å². The van der Waals surface area contributed by atoms with E-state index in [0.29, 0.717) is 36.8 Å². The van der Waals surface area contributed by atoms with Crippen LogP contribution in [0.1, 0.15) is 15.9 Å². The number of piperazine rings is 1. The van der Waals surface area contributed by atoms with Gasteiger partial charge in [-0.3, -0.25) is 4.79 Å². The number of rotatable bonds is 2. The molecule has 2 aromatic carbocycles. The Hall–Kier alpha value is -2.58. The first-order valence-electron chi connectivity index (χ1n) is 7.58. The molecule has 0 atom stereocenters. The van der Waals surface area contributed by atoms with Gasteiger partial charge in [0.25, 0.3) is 5.91 Å². The third-order valence-electron chi connectivity index (χ3n) is 4.09. The smallest absolute Gasteiger partial charge is 0.256 e. The molecule has 1 saturated heterocycles. The molecule has 24 heavy (non-hydrogen) atoms. The zero-order chi connectivity index (χ0) is 17.1. The van der Waals surface area contributed by atoms with Crippen LogP contribution in [0.2, 0.25) is 5.02 Å². The molecule has 0 saturated carbocycles. The summed E-state index contributed by atoms with van der Waals surface area (Å²) in [6.45, 7) is 2.11. The number of anilines is 1. The lowest BCUT2D eigenvalue weighted by molar-refractivity contribution is 0.0742. The number of amides is 1. The zero-order valence-electron chi connectivity index (χ0n) is 12.9. The van der Waals surface area contributed by atoms with Gasteiger partial charge in [-0.1, -0.05) is 23.7 Å². The van der Waals surface area contributed by atoms with Gasteiger partial charge in [0.05, 0.1) is 16.8 Å². The second-order valence-electron chi connectivity index (χ2n) is 5.53. The van der Waals surface area contributed by atoms with Crippen molar-refractivity contribution in [2.45, 2.75) is 0 Å². The van der Waals surface area contributed by atoms with E-state index in [4.69, 9.17) is 11.6 Å². The van der Waals surface area contributed by atoms with Crippen molar-refractivity contribution in [3.05, 3.63) is 64.4 Å². The molecule has 122 valence electrons. The van der Waals surface area contributed by atoms with E-state index in [1.807, 2.05) is 11.0 Å². The highest BCUT2D eigenvalue weighted by Crippen LogP contribution is 2.25. The SMILES string of the molecule is N#Cc1cc(Cl)ccc1N1CCN(C(=O)c2ccccc2F)CC1. The highest BCUT2D eigenvalue weighted by Gasteiger charge is 2.25. The van der Waals surface area contributed by atoms with Crippen molar-refractivity contribution >= 4 is 23.2 Å². The highest BCUT2D eigenvalue weighted by atomic mass is 35.5. The molecule has 0 radical (unpaired) electrons. The molecule has 0 bridgehead atoms. The fraction of sp³-hybridized carbons (Fsp3) is 0.222. The maximum Gasteiger partial charge on any atom is 0.256 e. The highest BCUT2D eigenvalue weighted by molar-refractivity contribution is 6.30. The van der Waals surface area contributed by atoms with Crippen LogP contribution < -0.4 is 4.90 Å². The van der Waals surface area contributed by atoms with Gasteiger partial charge in [-0.15, -0.1) is 0 Å². The van der Waals surface area contributed by atoms with E-state index in [9.17, 15) is 14.4 Å². The van der Waals surface area contributed by atoms with Gasteiger partial charge in [0.2, 0.25) is 0 Å². The Morgan fingerprint density at radius 3 is 2.50 bits per heavy atom. The zero-order valence-corrected chi connectivity index (χ0v) is 13.6. The van der Waals surface area contributed by atoms with E-state index in [1.54, 1.807) is 29.2 Å². The predicted octanol–water partition coefficient (Wildman–Crippen LogP) is 3.31. The maximum atomic E-state index is 13.8. The molecular formula is C18H15ClFN3O. The summed E-state index contributed by atoms with van der Waals surface area (Å²) in [4.78, 5) is 16.1. The van der Waals surface area contributed by atoms with Crippen LogP contribution in [0.25, 0.3) is 0 Å². The first-order valence-corrected chi connectivity index (χ1v) is 7.96. The number of hydrogen-bond acceptors (Lipinski definition) is 3. The lowest BCUT2D eigenvalue weighted by atomic mass is 10.1. The van der Waals surface area contributed by atoms with Crippen LogP contribution in [0, 0.1) is 17.1 Å². The number of carbonyl (C=O) groups excluding carboxylic acids is 1. The molecule has 1 aliphatic heterocycles. The van der Waals surface area contributed by atoms with Crippen LogP contribution in [0.4, 0.5) is 10.1 Å². The van der Waals surface area contributed by atoms with Crippen molar-refractivity contribution in [3.63, 3.8) is 0 Å². The van der Waals surface area contributed by atoms with E-state index >= 15 is 0 Å². The van der Waals surface area contributed by atoms with Crippen molar-refractivity contribution in [1.29, 1.82) is 5.26 Å². The van der Waals surface area contributed by atoms with Gasteiger partial charge in [-0.05, 0) is 30.3 Å². The van der Waals surface area contributed by atoms with Crippen molar-refractivity contribution in [3.8, 4) is 6.07 Å². The summed E-state index contributed by atoms with van der Waals surface area (Å²) in [5.41, 5.74) is 1.41. The first kappa shape index (κ1) is 16.3. The van der Waals surface area contributed by atoms with Crippen molar-refractivity contribution < 1.29 is 9.18 Å². The van der Waals surface area contributed by atoms with Crippen LogP contribution in [0.5, 0.6) is 0 Å². The number of benzene rings is 2. The van der Waals surface area contributed by atoms with E-state index in [2.05, 4.69) is 6.07 Å². The molecule has 1 amide bonds. The fourth-order valence-electron chi connectivity index (χ4n) is 2.83. The normalized spacial score (nSPS) is 14.4. The number of nitrogens with zero attached hydrogens (tertiary/aromatic N) is 3. The average Bonchev–Trinajstić information content (AvgIpc) is 2.61. The number of carbonyl (C=O) groups is 1. The van der Waals surface area contributed by atoms with Gasteiger partial charge >= 0.3 is 0 Å². The van der Waals surface area contributed by atoms with Crippen LogP contribution in [-0.2, 0) is 0 Å². The lowest BCUT2D eigenvalue weighted by Crippen LogP contribution is -2.49. The largest absolute Gasteiger partial charge is 0.367 e.